The van der Waals surface area contributed by atoms with Gasteiger partial charge in [0.15, 0.2) is 0 Å². The topological polar surface area (TPSA) is 35.2 Å². The van der Waals surface area contributed by atoms with Crippen molar-refractivity contribution >= 4 is 11.6 Å². The minimum atomic E-state index is -2.94. The Balaban J connectivity index is 2.24. The van der Waals surface area contributed by atoms with Crippen molar-refractivity contribution in [3.05, 3.63) is 64.4 Å². The molecule has 2 aromatic carbocycles. The van der Waals surface area contributed by atoms with Crippen molar-refractivity contribution < 1.29 is 17.9 Å². The molecule has 0 heterocycles. The molecular weight excluding hydrogens is 303 g/mol. The van der Waals surface area contributed by atoms with Crippen LogP contribution < -0.4 is 10.5 Å². The van der Waals surface area contributed by atoms with E-state index in [1.165, 1.54) is 24.3 Å². The minimum absolute atomic E-state index is 0.0116. The SMILES string of the molecule is NC(Cc1cc(Cl)ccc1F)c1ccccc1OC(F)F. The second-order valence-corrected chi connectivity index (χ2v) is 4.90. The Hall–Kier alpha value is -1.72. The monoisotopic (exact) mass is 315 g/mol. The van der Waals surface area contributed by atoms with Gasteiger partial charge in [-0.25, -0.2) is 4.39 Å². The van der Waals surface area contributed by atoms with Gasteiger partial charge in [-0.1, -0.05) is 29.8 Å². The van der Waals surface area contributed by atoms with Crippen molar-refractivity contribution in [1.29, 1.82) is 0 Å². The van der Waals surface area contributed by atoms with Gasteiger partial charge < -0.3 is 10.5 Å². The number of alkyl halides is 2. The van der Waals surface area contributed by atoms with Gasteiger partial charge in [0.05, 0.1) is 0 Å². The average molecular weight is 316 g/mol. The van der Waals surface area contributed by atoms with E-state index in [1.54, 1.807) is 18.2 Å². The number of hydrogen-bond donors (Lipinski definition) is 1. The Morgan fingerprint density at radius 2 is 1.86 bits per heavy atom. The smallest absolute Gasteiger partial charge is 0.387 e. The van der Waals surface area contributed by atoms with Crippen LogP contribution >= 0.6 is 11.6 Å². The average Bonchev–Trinajstić information content (AvgIpc) is 2.42. The number of ether oxygens (including phenoxy) is 1. The Morgan fingerprint density at radius 1 is 1.14 bits per heavy atom. The molecule has 0 radical (unpaired) electrons. The molecule has 0 spiro atoms. The molecule has 0 fully saturated rings. The summed E-state index contributed by atoms with van der Waals surface area (Å²) in [6, 6.07) is 9.64. The molecule has 1 unspecified atom stereocenters. The van der Waals surface area contributed by atoms with Crippen LogP contribution in [0.5, 0.6) is 5.75 Å². The van der Waals surface area contributed by atoms with Crippen LogP contribution in [0.3, 0.4) is 0 Å². The molecule has 0 amide bonds. The van der Waals surface area contributed by atoms with E-state index >= 15 is 0 Å². The molecule has 0 saturated carbocycles. The van der Waals surface area contributed by atoms with E-state index in [0.29, 0.717) is 16.1 Å². The lowest BCUT2D eigenvalue weighted by Gasteiger charge is -2.17. The van der Waals surface area contributed by atoms with Crippen molar-refractivity contribution in [1.82, 2.24) is 0 Å². The standard InChI is InChI=1S/C15H13ClF3NO/c16-10-5-6-12(17)9(7-10)8-13(20)11-3-1-2-4-14(11)21-15(18)19/h1-7,13,15H,8,20H2. The summed E-state index contributed by atoms with van der Waals surface area (Å²) in [4.78, 5) is 0. The third kappa shape index (κ3) is 4.12. The molecule has 2 nitrogen and oxygen atoms in total. The van der Waals surface area contributed by atoms with Crippen LogP contribution in [0.25, 0.3) is 0 Å². The van der Waals surface area contributed by atoms with Gasteiger partial charge in [0.1, 0.15) is 11.6 Å². The quantitative estimate of drug-likeness (QED) is 0.891. The first-order chi connectivity index (χ1) is 9.97. The zero-order chi connectivity index (χ0) is 15.4. The first-order valence-electron chi connectivity index (χ1n) is 6.20. The third-order valence-corrected chi connectivity index (χ3v) is 3.22. The van der Waals surface area contributed by atoms with Gasteiger partial charge in [0, 0.05) is 16.6 Å². The predicted molar refractivity (Wildman–Crippen MR) is 75.1 cm³/mol. The van der Waals surface area contributed by atoms with E-state index in [2.05, 4.69) is 4.74 Å². The molecule has 21 heavy (non-hydrogen) atoms. The molecule has 0 bridgehead atoms. The molecule has 0 aromatic heterocycles. The van der Waals surface area contributed by atoms with Crippen LogP contribution in [0.2, 0.25) is 5.02 Å². The van der Waals surface area contributed by atoms with Crippen LogP contribution in [-0.4, -0.2) is 6.61 Å². The van der Waals surface area contributed by atoms with E-state index in [9.17, 15) is 13.2 Å². The maximum Gasteiger partial charge on any atom is 0.387 e. The van der Waals surface area contributed by atoms with Crippen LogP contribution in [-0.2, 0) is 6.42 Å². The van der Waals surface area contributed by atoms with E-state index in [0.717, 1.165) is 0 Å². The molecule has 2 rings (SSSR count). The molecule has 2 aromatic rings. The van der Waals surface area contributed by atoms with Gasteiger partial charge in [-0.05, 0) is 36.2 Å². The summed E-state index contributed by atoms with van der Waals surface area (Å²) in [5.41, 5.74) is 6.70. The zero-order valence-electron chi connectivity index (χ0n) is 10.9. The minimum Gasteiger partial charge on any atom is -0.434 e. The zero-order valence-corrected chi connectivity index (χ0v) is 11.7. The Kier molecular flexibility index (Phi) is 5.09. The lowest BCUT2D eigenvalue weighted by Crippen LogP contribution is -2.16. The van der Waals surface area contributed by atoms with Gasteiger partial charge in [-0.2, -0.15) is 8.78 Å². The first-order valence-corrected chi connectivity index (χ1v) is 6.58. The normalized spacial score (nSPS) is 12.5. The maximum absolute atomic E-state index is 13.7. The second kappa shape index (κ2) is 6.83. The molecule has 0 aliphatic heterocycles. The summed E-state index contributed by atoms with van der Waals surface area (Å²) >= 11 is 5.82. The Labute approximate surface area is 125 Å². The highest BCUT2D eigenvalue weighted by molar-refractivity contribution is 6.30. The van der Waals surface area contributed by atoms with Gasteiger partial charge in [-0.15, -0.1) is 0 Å². The van der Waals surface area contributed by atoms with E-state index in [1.807, 2.05) is 0 Å². The van der Waals surface area contributed by atoms with Gasteiger partial charge >= 0.3 is 6.61 Å². The molecule has 6 heteroatoms. The highest BCUT2D eigenvalue weighted by Crippen LogP contribution is 2.28. The van der Waals surface area contributed by atoms with E-state index in [4.69, 9.17) is 17.3 Å². The predicted octanol–water partition coefficient (Wildman–Crippen LogP) is 4.32. The van der Waals surface area contributed by atoms with Gasteiger partial charge in [0.2, 0.25) is 0 Å². The van der Waals surface area contributed by atoms with Crippen molar-refractivity contribution in [3.63, 3.8) is 0 Å². The molecule has 2 N–H and O–H groups in total. The summed E-state index contributed by atoms with van der Waals surface area (Å²) in [6.45, 7) is -2.94. The fourth-order valence-electron chi connectivity index (χ4n) is 2.04. The lowest BCUT2D eigenvalue weighted by atomic mass is 9.98. The summed E-state index contributed by atoms with van der Waals surface area (Å²) in [5, 5.41) is 0.385. The summed E-state index contributed by atoms with van der Waals surface area (Å²) < 4.78 is 42.9. The number of halogens is 4. The molecule has 1 atom stereocenters. The van der Waals surface area contributed by atoms with Crippen LogP contribution in [0.4, 0.5) is 13.2 Å². The molecule has 0 aliphatic rings. The van der Waals surface area contributed by atoms with Gasteiger partial charge in [-0.3, -0.25) is 0 Å². The van der Waals surface area contributed by atoms with Crippen molar-refractivity contribution in [2.45, 2.75) is 19.1 Å². The molecule has 0 saturated heterocycles. The van der Waals surface area contributed by atoms with E-state index in [-0.39, 0.29) is 12.2 Å². The first kappa shape index (κ1) is 15.7. The van der Waals surface area contributed by atoms with Gasteiger partial charge in [0.25, 0.3) is 0 Å². The molecule has 112 valence electrons. The summed E-state index contributed by atoms with van der Waals surface area (Å²) in [7, 11) is 0. The summed E-state index contributed by atoms with van der Waals surface area (Å²) in [6.07, 6.45) is 0.121. The second-order valence-electron chi connectivity index (χ2n) is 4.46. The van der Waals surface area contributed by atoms with Crippen LogP contribution in [0.1, 0.15) is 17.2 Å². The number of nitrogens with two attached hydrogens (primary N) is 1. The summed E-state index contributed by atoms with van der Waals surface area (Å²) in [5.74, 6) is -0.454. The van der Waals surface area contributed by atoms with Crippen molar-refractivity contribution in [3.8, 4) is 5.75 Å². The number of hydrogen-bond acceptors (Lipinski definition) is 2. The number of para-hydroxylation sites is 1. The fourth-order valence-corrected chi connectivity index (χ4v) is 2.23. The van der Waals surface area contributed by atoms with Crippen molar-refractivity contribution in [2.24, 2.45) is 5.73 Å². The lowest BCUT2D eigenvalue weighted by molar-refractivity contribution is -0.0506. The van der Waals surface area contributed by atoms with E-state index < -0.39 is 18.5 Å². The Morgan fingerprint density at radius 3 is 2.57 bits per heavy atom. The molecular formula is C15H13ClF3NO. The molecule has 0 aliphatic carbocycles. The number of rotatable bonds is 5. The van der Waals surface area contributed by atoms with Crippen LogP contribution in [0, 0.1) is 5.82 Å². The Bertz CT molecular complexity index is 622. The highest BCUT2D eigenvalue weighted by atomic mass is 35.5. The van der Waals surface area contributed by atoms with Crippen molar-refractivity contribution in [2.75, 3.05) is 0 Å². The fraction of sp³-hybridized carbons (Fsp3) is 0.200. The number of benzene rings is 2. The third-order valence-electron chi connectivity index (χ3n) is 2.98. The maximum atomic E-state index is 13.7. The van der Waals surface area contributed by atoms with Crippen LogP contribution in [0.15, 0.2) is 42.5 Å². The largest absolute Gasteiger partial charge is 0.434 e. The highest BCUT2D eigenvalue weighted by Gasteiger charge is 2.17.